The topological polar surface area (TPSA) is 38.5 Å². The second kappa shape index (κ2) is 6.88. The first kappa shape index (κ1) is 13.5. The standard InChI is InChI=1S/C15H24N2O/c1-13(14-6-3-2-4-7-14)15(12-16)17-8-5-10-18-11-9-17/h2-4,6-7,13,15H,5,8-12,16H2,1H3. The van der Waals surface area contributed by atoms with E-state index in [1.807, 2.05) is 0 Å². The lowest BCUT2D eigenvalue weighted by molar-refractivity contribution is 0.128. The Hall–Kier alpha value is -0.900. The van der Waals surface area contributed by atoms with Crippen molar-refractivity contribution in [2.75, 3.05) is 32.8 Å². The van der Waals surface area contributed by atoms with Gasteiger partial charge in [-0.25, -0.2) is 0 Å². The van der Waals surface area contributed by atoms with Gasteiger partial charge in [0.2, 0.25) is 0 Å². The highest BCUT2D eigenvalue weighted by molar-refractivity contribution is 5.20. The van der Waals surface area contributed by atoms with Crippen LogP contribution < -0.4 is 5.73 Å². The minimum absolute atomic E-state index is 0.411. The van der Waals surface area contributed by atoms with E-state index in [9.17, 15) is 0 Å². The maximum Gasteiger partial charge on any atom is 0.0593 e. The molecule has 0 aliphatic carbocycles. The fourth-order valence-electron chi connectivity index (χ4n) is 2.75. The molecule has 100 valence electrons. The third-order valence-corrected chi connectivity index (χ3v) is 3.87. The second-order valence-corrected chi connectivity index (χ2v) is 5.00. The summed E-state index contributed by atoms with van der Waals surface area (Å²) >= 11 is 0. The minimum atomic E-state index is 0.411. The molecule has 1 aromatic carbocycles. The molecule has 0 saturated carbocycles. The fraction of sp³-hybridized carbons (Fsp3) is 0.600. The van der Waals surface area contributed by atoms with Crippen LogP contribution >= 0.6 is 0 Å². The molecule has 1 saturated heterocycles. The van der Waals surface area contributed by atoms with E-state index in [4.69, 9.17) is 10.5 Å². The van der Waals surface area contributed by atoms with Gasteiger partial charge in [-0.3, -0.25) is 4.90 Å². The summed E-state index contributed by atoms with van der Waals surface area (Å²) in [5.41, 5.74) is 7.38. The quantitative estimate of drug-likeness (QED) is 0.883. The van der Waals surface area contributed by atoms with E-state index < -0.39 is 0 Å². The van der Waals surface area contributed by atoms with Crippen LogP contribution in [0.3, 0.4) is 0 Å². The lowest BCUT2D eigenvalue weighted by Gasteiger charge is -2.34. The van der Waals surface area contributed by atoms with Crippen molar-refractivity contribution in [1.82, 2.24) is 4.90 Å². The van der Waals surface area contributed by atoms with Gasteiger partial charge in [-0.1, -0.05) is 37.3 Å². The van der Waals surface area contributed by atoms with E-state index in [2.05, 4.69) is 42.2 Å². The molecule has 0 spiro atoms. The highest BCUT2D eigenvalue weighted by Crippen LogP contribution is 2.23. The second-order valence-electron chi connectivity index (χ2n) is 5.00. The molecule has 2 atom stereocenters. The molecule has 1 aromatic rings. The molecule has 0 bridgehead atoms. The summed E-state index contributed by atoms with van der Waals surface area (Å²) < 4.78 is 5.52. The average molecular weight is 248 g/mol. The van der Waals surface area contributed by atoms with Gasteiger partial charge in [-0.2, -0.15) is 0 Å². The van der Waals surface area contributed by atoms with Gasteiger partial charge in [-0.15, -0.1) is 0 Å². The van der Waals surface area contributed by atoms with Crippen LogP contribution in [0.25, 0.3) is 0 Å². The van der Waals surface area contributed by atoms with Crippen LogP contribution in [0, 0.1) is 0 Å². The van der Waals surface area contributed by atoms with Gasteiger partial charge >= 0.3 is 0 Å². The summed E-state index contributed by atoms with van der Waals surface area (Å²) in [6, 6.07) is 11.1. The Morgan fingerprint density at radius 3 is 2.72 bits per heavy atom. The number of benzene rings is 1. The van der Waals surface area contributed by atoms with Crippen molar-refractivity contribution in [2.24, 2.45) is 5.73 Å². The molecular weight excluding hydrogens is 224 g/mol. The summed E-state index contributed by atoms with van der Waals surface area (Å²) in [6.45, 7) is 6.79. The Morgan fingerprint density at radius 2 is 2.00 bits per heavy atom. The van der Waals surface area contributed by atoms with Crippen molar-refractivity contribution in [3.8, 4) is 0 Å². The van der Waals surface area contributed by atoms with Gasteiger partial charge in [0.1, 0.15) is 0 Å². The molecule has 1 heterocycles. The SMILES string of the molecule is CC(c1ccccc1)C(CN)N1CCCOCC1. The third kappa shape index (κ3) is 3.31. The fourth-order valence-corrected chi connectivity index (χ4v) is 2.75. The molecule has 1 fully saturated rings. The van der Waals surface area contributed by atoms with E-state index in [1.165, 1.54) is 5.56 Å². The van der Waals surface area contributed by atoms with E-state index in [0.717, 1.165) is 32.7 Å². The summed E-state index contributed by atoms with van der Waals surface area (Å²) in [4.78, 5) is 2.49. The van der Waals surface area contributed by atoms with E-state index >= 15 is 0 Å². The summed E-state index contributed by atoms with van der Waals surface area (Å²) in [5.74, 6) is 0.467. The number of nitrogens with zero attached hydrogens (tertiary/aromatic N) is 1. The average Bonchev–Trinajstić information content (AvgIpc) is 2.70. The normalized spacial score (nSPS) is 21.2. The van der Waals surface area contributed by atoms with Crippen LogP contribution in [-0.2, 0) is 4.74 Å². The summed E-state index contributed by atoms with van der Waals surface area (Å²) in [6.07, 6.45) is 1.11. The zero-order chi connectivity index (χ0) is 12.8. The zero-order valence-electron chi connectivity index (χ0n) is 11.2. The van der Waals surface area contributed by atoms with Crippen molar-refractivity contribution < 1.29 is 4.74 Å². The number of rotatable bonds is 4. The molecule has 2 unspecified atom stereocenters. The van der Waals surface area contributed by atoms with Crippen LogP contribution in [0.1, 0.15) is 24.8 Å². The van der Waals surface area contributed by atoms with Gasteiger partial charge < -0.3 is 10.5 Å². The maximum absolute atomic E-state index is 6.01. The Labute approximate surface area is 110 Å². The molecule has 0 amide bonds. The Bertz CT molecular complexity index is 334. The first-order valence-corrected chi connectivity index (χ1v) is 6.89. The van der Waals surface area contributed by atoms with Crippen molar-refractivity contribution in [3.05, 3.63) is 35.9 Å². The number of ether oxygens (including phenoxy) is 1. The number of hydrogen-bond donors (Lipinski definition) is 1. The molecule has 2 rings (SSSR count). The van der Waals surface area contributed by atoms with Crippen LogP contribution in [-0.4, -0.2) is 43.8 Å². The lowest BCUT2D eigenvalue weighted by atomic mass is 9.92. The minimum Gasteiger partial charge on any atom is -0.380 e. The molecule has 3 nitrogen and oxygen atoms in total. The molecule has 1 aliphatic rings. The molecule has 1 aliphatic heterocycles. The number of nitrogens with two attached hydrogens (primary N) is 1. The van der Waals surface area contributed by atoms with E-state index in [0.29, 0.717) is 18.5 Å². The van der Waals surface area contributed by atoms with Gasteiger partial charge in [0.05, 0.1) is 6.61 Å². The maximum atomic E-state index is 6.01. The highest BCUT2D eigenvalue weighted by atomic mass is 16.5. The van der Waals surface area contributed by atoms with Crippen molar-refractivity contribution in [3.63, 3.8) is 0 Å². The molecule has 18 heavy (non-hydrogen) atoms. The number of hydrogen-bond acceptors (Lipinski definition) is 3. The van der Waals surface area contributed by atoms with Crippen molar-refractivity contribution in [2.45, 2.75) is 25.3 Å². The van der Waals surface area contributed by atoms with Crippen LogP contribution in [0.4, 0.5) is 0 Å². The van der Waals surface area contributed by atoms with E-state index in [-0.39, 0.29) is 0 Å². The molecule has 3 heteroatoms. The Morgan fingerprint density at radius 1 is 1.22 bits per heavy atom. The van der Waals surface area contributed by atoms with Crippen LogP contribution in [0.5, 0.6) is 0 Å². The van der Waals surface area contributed by atoms with Crippen molar-refractivity contribution >= 4 is 0 Å². The predicted molar refractivity (Wildman–Crippen MR) is 74.7 cm³/mol. The van der Waals surface area contributed by atoms with Crippen LogP contribution in [0.15, 0.2) is 30.3 Å². The van der Waals surface area contributed by atoms with Gasteiger partial charge in [-0.05, 0) is 17.9 Å². The molecule has 0 radical (unpaired) electrons. The highest BCUT2D eigenvalue weighted by Gasteiger charge is 2.24. The largest absolute Gasteiger partial charge is 0.380 e. The van der Waals surface area contributed by atoms with E-state index in [1.54, 1.807) is 0 Å². The predicted octanol–water partition coefficient (Wildman–Crippen LogP) is 1.84. The Kier molecular flexibility index (Phi) is 5.17. The van der Waals surface area contributed by atoms with Gasteiger partial charge in [0, 0.05) is 32.3 Å². The van der Waals surface area contributed by atoms with Gasteiger partial charge in [0.15, 0.2) is 0 Å². The monoisotopic (exact) mass is 248 g/mol. The Balaban J connectivity index is 2.07. The third-order valence-electron chi connectivity index (χ3n) is 3.87. The van der Waals surface area contributed by atoms with Gasteiger partial charge in [0.25, 0.3) is 0 Å². The first-order chi connectivity index (χ1) is 8.83. The molecular formula is C15H24N2O. The zero-order valence-corrected chi connectivity index (χ0v) is 11.2. The molecule has 2 N–H and O–H groups in total. The lowest BCUT2D eigenvalue weighted by Crippen LogP contribution is -2.45. The molecule has 0 aromatic heterocycles. The summed E-state index contributed by atoms with van der Waals surface area (Å²) in [7, 11) is 0. The van der Waals surface area contributed by atoms with Crippen LogP contribution in [0.2, 0.25) is 0 Å². The first-order valence-electron chi connectivity index (χ1n) is 6.89. The van der Waals surface area contributed by atoms with Crippen molar-refractivity contribution in [1.29, 1.82) is 0 Å². The summed E-state index contributed by atoms with van der Waals surface area (Å²) in [5, 5.41) is 0. The smallest absolute Gasteiger partial charge is 0.0593 e.